The van der Waals surface area contributed by atoms with Gasteiger partial charge in [0.15, 0.2) is 0 Å². The molecular weight excluding hydrogens is 474 g/mol. The number of piperazine rings is 1. The first-order valence-corrected chi connectivity index (χ1v) is 13.3. The van der Waals surface area contributed by atoms with Crippen LogP contribution in [0.25, 0.3) is 0 Å². The van der Waals surface area contributed by atoms with Crippen molar-refractivity contribution in [3.05, 3.63) is 101 Å². The standard InChI is InChI=1S/C28H33N3O4S/c1-35-28(32)26-13-11-24(12-14-26)22-31(36(33)34)16-15-25-9-5-6-10-27(25)30-19-17-29(18-20-30)21-23-7-3-2-4-8-23/h2-14,36H,15-22H2,1H3. The molecule has 0 saturated carbocycles. The van der Waals surface area contributed by atoms with Crippen LogP contribution in [-0.2, 0) is 35.1 Å². The Morgan fingerprint density at radius 2 is 1.53 bits per heavy atom. The number of anilines is 1. The first-order chi connectivity index (χ1) is 17.5. The van der Waals surface area contributed by atoms with E-state index in [9.17, 15) is 13.2 Å². The zero-order valence-corrected chi connectivity index (χ0v) is 21.5. The van der Waals surface area contributed by atoms with E-state index in [2.05, 4.69) is 46.2 Å². The lowest BCUT2D eigenvalue weighted by Crippen LogP contribution is -2.46. The maximum atomic E-state index is 12.0. The number of carbonyl (C=O) groups excluding carboxylic acids is 1. The molecule has 1 aliphatic rings. The van der Waals surface area contributed by atoms with Gasteiger partial charge in [0.25, 0.3) is 0 Å². The molecular formula is C28H33N3O4S. The van der Waals surface area contributed by atoms with E-state index in [4.69, 9.17) is 4.74 Å². The molecule has 8 heteroatoms. The fraction of sp³-hybridized carbons (Fsp3) is 0.321. The highest BCUT2D eigenvalue weighted by atomic mass is 32.2. The fourth-order valence-corrected chi connectivity index (χ4v) is 5.10. The number of esters is 1. The van der Waals surface area contributed by atoms with Crippen molar-refractivity contribution in [2.45, 2.75) is 19.5 Å². The summed E-state index contributed by atoms with van der Waals surface area (Å²) in [4.78, 5) is 16.5. The number of hydrogen-bond donors (Lipinski definition) is 1. The van der Waals surface area contributed by atoms with Crippen molar-refractivity contribution in [2.24, 2.45) is 0 Å². The second kappa shape index (κ2) is 12.7. The molecule has 36 heavy (non-hydrogen) atoms. The van der Waals surface area contributed by atoms with Gasteiger partial charge in [-0.25, -0.2) is 13.2 Å². The van der Waals surface area contributed by atoms with Crippen LogP contribution in [-0.4, -0.2) is 63.4 Å². The van der Waals surface area contributed by atoms with Crippen LogP contribution in [0.5, 0.6) is 0 Å². The van der Waals surface area contributed by atoms with E-state index in [1.54, 1.807) is 24.3 Å². The summed E-state index contributed by atoms with van der Waals surface area (Å²) >= 11 is 0. The summed E-state index contributed by atoms with van der Waals surface area (Å²) in [5.41, 5.74) is 4.93. The van der Waals surface area contributed by atoms with E-state index in [0.717, 1.165) is 43.9 Å². The van der Waals surface area contributed by atoms with Gasteiger partial charge in [0.2, 0.25) is 10.9 Å². The maximum Gasteiger partial charge on any atom is 0.337 e. The molecule has 0 N–H and O–H groups in total. The summed E-state index contributed by atoms with van der Waals surface area (Å²) < 4.78 is 30.2. The molecule has 1 saturated heterocycles. The second-order valence-electron chi connectivity index (χ2n) is 8.94. The van der Waals surface area contributed by atoms with Gasteiger partial charge in [-0.2, -0.15) is 4.31 Å². The van der Waals surface area contributed by atoms with Crippen LogP contribution in [0.2, 0.25) is 0 Å². The average Bonchev–Trinajstić information content (AvgIpc) is 2.92. The third-order valence-electron chi connectivity index (χ3n) is 6.56. The predicted molar refractivity (Wildman–Crippen MR) is 143 cm³/mol. The largest absolute Gasteiger partial charge is 0.465 e. The summed E-state index contributed by atoms with van der Waals surface area (Å²) in [5, 5.41) is 0. The molecule has 1 heterocycles. The van der Waals surface area contributed by atoms with Crippen molar-refractivity contribution in [1.29, 1.82) is 0 Å². The number of rotatable bonds is 10. The lowest BCUT2D eigenvalue weighted by atomic mass is 10.1. The molecule has 1 aliphatic heterocycles. The number of nitrogens with zero attached hydrogens (tertiary/aromatic N) is 3. The van der Waals surface area contributed by atoms with Crippen molar-refractivity contribution >= 4 is 22.5 Å². The summed E-state index contributed by atoms with van der Waals surface area (Å²) in [7, 11) is -1.40. The molecule has 0 amide bonds. The summed E-state index contributed by atoms with van der Waals surface area (Å²) in [6, 6.07) is 25.7. The van der Waals surface area contributed by atoms with Crippen molar-refractivity contribution in [2.75, 3.05) is 44.7 Å². The molecule has 0 aliphatic carbocycles. The highest BCUT2D eigenvalue weighted by Crippen LogP contribution is 2.23. The summed E-state index contributed by atoms with van der Waals surface area (Å²) in [5.74, 6) is -0.411. The van der Waals surface area contributed by atoms with E-state index in [1.807, 2.05) is 18.2 Å². The SMILES string of the molecule is COC(=O)c1ccc(CN(CCc2ccccc2N2CCN(Cc3ccccc3)CC2)[SH](=O)=O)cc1. The Morgan fingerprint density at radius 3 is 2.19 bits per heavy atom. The quantitative estimate of drug-likeness (QED) is 0.335. The van der Waals surface area contributed by atoms with E-state index >= 15 is 0 Å². The van der Waals surface area contributed by atoms with Gasteiger partial charge in [0.05, 0.1) is 12.7 Å². The third kappa shape index (κ3) is 6.94. The Balaban J connectivity index is 1.36. The van der Waals surface area contributed by atoms with Crippen LogP contribution in [0.3, 0.4) is 0 Å². The normalized spacial score (nSPS) is 14.4. The van der Waals surface area contributed by atoms with Gasteiger partial charge >= 0.3 is 5.97 Å². The van der Waals surface area contributed by atoms with Crippen molar-refractivity contribution in [1.82, 2.24) is 9.21 Å². The average molecular weight is 508 g/mol. The minimum Gasteiger partial charge on any atom is -0.465 e. The molecule has 0 spiro atoms. The highest BCUT2D eigenvalue weighted by Gasteiger charge is 2.20. The Hall–Kier alpha value is -3.20. The van der Waals surface area contributed by atoms with Gasteiger partial charge in [-0.05, 0) is 41.3 Å². The Kier molecular flexibility index (Phi) is 9.11. The van der Waals surface area contributed by atoms with E-state index in [1.165, 1.54) is 22.7 Å². The number of methoxy groups -OCH3 is 1. The minimum atomic E-state index is -2.74. The van der Waals surface area contributed by atoms with Crippen LogP contribution in [0.4, 0.5) is 5.69 Å². The van der Waals surface area contributed by atoms with Crippen LogP contribution < -0.4 is 4.90 Å². The lowest BCUT2D eigenvalue weighted by Gasteiger charge is -2.37. The van der Waals surface area contributed by atoms with Gasteiger partial charge < -0.3 is 9.64 Å². The maximum absolute atomic E-state index is 12.0. The molecule has 3 aromatic carbocycles. The fourth-order valence-electron chi connectivity index (χ4n) is 4.56. The van der Waals surface area contributed by atoms with Crippen LogP contribution in [0.15, 0.2) is 78.9 Å². The number of carbonyl (C=O) groups is 1. The number of thiol groups is 1. The predicted octanol–water partition coefficient (Wildman–Crippen LogP) is 3.37. The Morgan fingerprint density at radius 1 is 0.861 bits per heavy atom. The molecule has 190 valence electrons. The monoisotopic (exact) mass is 507 g/mol. The zero-order valence-electron chi connectivity index (χ0n) is 20.6. The molecule has 3 aromatic rings. The first-order valence-electron chi connectivity index (χ1n) is 12.2. The Bertz CT molecular complexity index is 1200. The van der Waals surface area contributed by atoms with Crippen molar-refractivity contribution in [3.63, 3.8) is 0 Å². The van der Waals surface area contributed by atoms with Crippen LogP contribution in [0, 0.1) is 0 Å². The first kappa shape index (κ1) is 25.9. The van der Waals surface area contributed by atoms with Gasteiger partial charge in [-0.1, -0.05) is 60.7 Å². The Labute approximate surface area is 215 Å². The van der Waals surface area contributed by atoms with Gasteiger partial charge in [0.1, 0.15) is 0 Å². The zero-order chi connectivity index (χ0) is 25.3. The van der Waals surface area contributed by atoms with Crippen LogP contribution >= 0.6 is 0 Å². The number of para-hydroxylation sites is 1. The molecule has 0 atom stereocenters. The number of benzene rings is 3. The molecule has 0 unspecified atom stereocenters. The molecule has 1 fully saturated rings. The molecule has 0 aromatic heterocycles. The van der Waals surface area contributed by atoms with E-state index in [-0.39, 0.29) is 6.54 Å². The summed E-state index contributed by atoms with van der Waals surface area (Å²) in [6.07, 6.45) is 0.629. The lowest BCUT2D eigenvalue weighted by molar-refractivity contribution is 0.0600. The van der Waals surface area contributed by atoms with Crippen molar-refractivity contribution < 1.29 is 17.9 Å². The highest BCUT2D eigenvalue weighted by molar-refractivity contribution is 7.69. The second-order valence-corrected chi connectivity index (χ2v) is 9.98. The molecule has 0 radical (unpaired) electrons. The van der Waals surface area contributed by atoms with Gasteiger partial charge in [-0.3, -0.25) is 4.90 Å². The molecule has 0 bridgehead atoms. The van der Waals surface area contributed by atoms with Gasteiger partial charge in [0, 0.05) is 51.5 Å². The van der Waals surface area contributed by atoms with E-state index in [0.29, 0.717) is 18.5 Å². The smallest absolute Gasteiger partial charge is 0.337 e. The topological polar surface area (TPSA) is 70.2 Å². The molecule has 4 rings (SSSR count). The molecule has 7 nitrogen and oxygen atoms in total. The number of hydrogen-bond acceptors (Lipinski definition) is 6. The third-order valence-corrected chi connectivity index (χ3v) is 7.37. The van der Waals surface area contributed by atoms with Gasteiger partial charge in [-0.15, -0.1) is 0 Å². The summed E-state index contributed by atoms with van der Waals surface area (Å²) in [6.45, 7) is 5.48. The minimum absolute atomic E-state index is 0.264. The number of ether oxygens (including phenoxy) is 1. The van der Waals surface area contributed by atoms with Crippen LogP contribution in [0.1, 0.15) is 27.0 Å². The van der Waals surface area contributed by atoms with Crippen molar-refractivity contribution in [3.8, 4) is 0 Å². The van der Waals surface area contributed by atoms with E-state index < -0.39 is 16.9 Å².